The second kappa shape index (κ2) is 36.8. The number of aliphatic hydroxyl groups excluding tert-OH is 2. The monoisotopic (exact) mass is 1250 g/mol. The molecule has 2 aromatic rings. The Labute approximate surface area is 514 Å². The Bertz CT molecular complexity index is 2830. The van der Waals surface area contributed by atoms with Gasteiger partial charge in [0.15, 0.2) is 5.96 Å². The number of amides is 12. The minimum atomic E-state index is -1.74. The molecule has 2 aromatic carbocycles. The number of phenols is 2. The molecule has 1 aliphatic rings. The summed E-state index contributed by atoms with van der Waals surface area (Å²) in [5.41, 5.74) is 17.6. The first-order valence-electron chi connectivity index (χ1n) is 28.8. The molecule has 3 rings (SSSR count). The number of aromatic hydroxyl groups is 2. The van der Waals surface area contributed by atoms with Gasteiger partial charge in [0.05, 0.1) is 38.2 Å². The number of benzene rings is 2. The van der Waals surface area contributed by atoms with Gasteiger partial charge in [-0.25, -0.2) is 4.99 Å². The average molecular weight is 1250 g/mol. The molecule has 0 bridgehead atoms. The quantitative estimate of drug-likeness (QED) is 0.0131. The molecule has 0 aromatic heterocycles. The number of guanidine groups is 1. The van der Waals surface area contributed by atoms with Crippen molar-refractivity contribution in [2.75, 3.05) is 32.8 Å². The van der Waals surface area contributed by atoms with Crippen LogP contribution in [0.4, 0.5) is 0 Å². The highest BCUT2D eigenvalue weighted by Crippen LogP contribution is 2.20. The van der Waals surface area contributed by atoms with Crippen molar-refractivity contribution in [3.63, 3.8) is 0 Å². The van der Waals surface area contributed by atoms with Crippen molar-refractivity contribution >= 4 is 83.6 Å². The van der Waals surface area contributed by atoms with Gasteiger partial charge in [-0.15, -0.1) is 0 Å². The van der Waals surface area contributed by atoms with Crippen LogP contribution in [0.3, 0.4) is 0 Å². The molecule has 1 aliphatic heterocycles. The van der Waals surface area contributed by atoms with E-state index >= 15 is 0 Å². The number of phenolic OH excluding ortho intramolecular Hbond substituents is 2. The number of hydrogen-bond acceptors (Lipinski definition) is 18. The fourth-order valence-electron chi connectivity index (χ4n) is 9.27. The molecule has 0 saturated carbocycles. The highest BCUT2D eigenvalue weighted by Gasteiger charge is 2.39. The molecular weight excluding hydrogens is 1160 g/mol. The van der Waals surface area contributed by atoms with Gasteiger partial charge in [0, 0.05) is 26.4 Å². The number of carbonyl (C=O) groups excluding carboxylic acids is 12. The molecule has 0 spiro atoms. The lowest BCUT2D eigenvalue weighted by Crippen LogP contribution is -2.61. The van der Waals surface area contributed by atoms with E-state index < -0.39 is 164 Å². The Morgan fingerprint density at radius 3 is 1.76 bits per heavy atom. The zero-order valence-corrected chi connectivity index (χ0v) is 50.7. The summed E-state index contributed by atoms with van der Waals surface area (Å²) in [5, 5.41) is 66.4. The number of rotatable bonds is 36. The summed E-state index contributed by atoms with van der Waals surface area (Å²) >= 11 is 0. The fraction of sp³-hybridized carbons (Fsp3) is 0.544. The molecule has 89 heavy (non-hydrogen) atoms. The number of aliphatic hydroxyl groups is 2. The van der Waals surface area contributed by atoms with Crippen LogP contribution in [0.25, 0.3) is 0 Å². The zero-order chi connectivity index (χ0) is 66.7. The maximum Gasteiger partial charge on any atom is 0.267 e. The molecule has 20 N–H and O–H groups in total. The third-order valence-electron chi connectivity index (χ3n) is 13.8. The largest absolute Gasteiger partial charge is 0.508 e. The van der Waals surface area contributed by atoms with Crippen LogP contribution in [0.2, 0.25) is 0 Å². The van der Waals surface area contributed by atoms with Gasteiger partial charge in [-0.2, -0.15) is 0 Å². The van der Waals surface area contributed by atoms with Crippen LogP contribution in [0.15, 0.2) is 58.5 Å². The van der Waals surface area contributed by atoms with Crippen LogP contribution in [0.1, 0.15) is 91.2 Å². The van der Waals surface area contributed by atoms with Gasteiger partial charge >= 0.3 is 0 Å². The number of nitrogens with two attached hydrogens (primary N) is 3. The first-order chi connectivity index (χ1) is 41.9. The van der Waals surface area contributed by atoms with Crippen molar-refractivity contribution in [3.8, 4) is 11.5 Å². The van der Waals surface area contributed by atoms with Crippen LogP contribution in [-0.2, 0) is 70.4 Å². The second-order valence-corrected chi connectivity index (χ2v) is 22.1. The molecule has 1 saturated heterocycles. The number of primary amides is 1. The summed E-state index contributed by atoms with van der Waals surface area (Å²) in [6.07, 6.45) is -1.74. The van der Waals surface area contributed by atoms with E-state index in [-0.39, 0.29) is 75.0 Å². The van der Waals surface area contributed by atoms with Crippen LogP contribution < -0.4 is 70.4 Å². The Hall–Kier alpha value is -9.30. The zero-order valence-electron chi connectivity index (χ0n) is 50.7. The van der Waals surface area contributed by atoms with Crippen LogP contribution in [-0.4, -0.2) is 202 Å². The summed E-state index contributed by atoms with van der Waals surface area (Å²) < 4.78 is 0. The number of hydrogen-bond donors (Lipinski definition) is 17. The first kappa shape index (κ1) is 74.0. The van der Waals surface area contributed by atoms with Crippen LogP contribution >= 0.6 is 0 Å². The van der Waals surface area contributed by atoms with E-state index in [9.17, 15) is 78.0 Å². The summed E-state index contributed by atoms with van der Waals surface area (Å²) in [6, 6.07) is -0.250. The molecule has 1 fully saturated rings. The van der Waals surface area contributed by atoms with Crippen molar-refractivity contribution < 1.29 is 78.0 Å². The van der Waals surface area contributed by atoms with Crippen molar-refractivity contribution in [2.24, 2.45) is 39.0 Å². The number of carbonyl (C=O) groups is 12. The number of likely N-dealkylation sites (tertiary alicyclic amines) is 1. The third-order valence-corrected chi connectivity index (χ3v) is 13.8. The van der Waals surface area contributed by atoms with Gasteiger partial charge in [0.1, 0.15) is 60.0 Å². The maximum absolute atomic E-state index is 14.0. The first-order valence-corrected chi connectivity index (χ1v) is 28.8. The predicted molar refractivity (Wildman–Crippen MR) is 322 cm³/mol. The lowest BCUT2D eigenvalue weighted by atomic mass is 10.00. The topological polar surface area (TPSA) is 512 Å². The average Bonchev–Trinajstić information content (AvgIpc) is 2.67. The lowest BCUT2D eigenvalue weighted by Gasteiger charge is -2.31. The molecule has 0 aliphatic carbocycles. The van der Waals surface area contributed by atoms with Gasteiger partial charge < -0.3 is 90.4 Å². The number of nitrogens with zero attached hydrogens (tertiary/aromatic N) is 3. The predicted octanol–water partition coefficient (Wildman–Crippen LogP) is -5.33. The molecule has 32 heteroatoms. The van der Waals surface area contributed by atoms with Crippen molar-refractivity contribution in [3.05, 3.63) is 59.7 Å². The minimum Gasteiger partial charge on any atom is -0.508 e. The molecule has 1 unspecified atom stereocenters. The van der Waals surface area contributed by atoms with E-state index in [2.05, 4.69) is 69.9 Å². The van der Waals surface area contributed by atoms with E-state index in [0.29, 0.717) is 17.5 Å². The Morgan fingerprint density at radius 2 is 1.22 bits per heavy atom. The van der Waals surface area contributed by atoms with E-state index in [0.717, 1.165) is 4.90 Å². The fourth-order valence-corrected chi connectivity index (χ4v) is 9.27. The number of aliphatic imine (C=N–C) groups is 2. The van der Waals surface area contributed by atoms with E-state index in [1.165, 1.54) is 52.0 Å². The van der Waals surface area contributed by atoms with E-state index in [1.807, 2.05) is 13.8 Å². The van der Waals surface area contributed by atoms with Crippen LogP contribution in [0, 0.1) is 11.8 Å². The highest BCUT2D eigenvalue weighted by atomic mass is 16.3. The van der Waals surface area contributed by atoms with Crippen molar-refractivity contribution in [1.29, 1.82) is 0 Å². The van der Waals surface area contributed by atoms with Gasteiger partial charge in [0.2, 0.25) is 65.0 Å². The van der Waals surface area contributed by atoms with Crippen molar-refractivity contribution in [2.45, 2.75) is 154 Å². The molecule has 490 valence electrons. The lowest BCUT2D eigenvalue weighted by molar-refractivity contribution is -0.142. The minimum absolute atomic E-state index is 0.00553. The van der Waals surface area contributed by atoms with Gasteiger partial charge in [0.25, 0.3) is 5.91 Å². The number of nitrogens with one attached hydrogen (secondary N) is 10. The van der Waals surface area contributed by atoms with Crippen molar-refractivity contribution in [1.82, 2.24) is 58.1 Å². The molecule has 10 atom stereocenters. The molecule has 0 radical (unpaired) electrons. The Morgan fingerprint density at radius 1 is 0.663 bits per heavy atom. The van der Waals surface area contributed by atoms with E-state index in [1.54, 1.807) is 24.3 Å². The highest BCUT2D eigenvalue weighted by molar-refractivity contribution is 5.98. The Kier molecular flexibility index (Phi) is 30.5. The third kappa shape index (κ3) is 25.9. The summed E-state index contributed by atoms with van der Waals surface area (Å²) in [7, 11) is 0. The summed E-state index contributed by atoms with van der Waals surface area (Å²) in [6.45, 7) is 10.2. The second-order valence-electron chi connectivity index (χ2n) is 22.1. The Balaban J connectivity index is 1.68. The molecule has 32 nitrogen and oxygen atoms in total. The van der Waals surface area contributed by atoms with Gasteiger partial charge in [-0.3, -0.25) is 67.8 Å². The normalized spacial score (nSPS) is 15.8. The standard InChI is InChI=1S/C57H86N16O16/c1-29(2)22-38(66-32(6)75)51(84)71-40(24-34-14-18-36(77)19-15-34)52(85)69-37(10-8-20-62-57(59)60)50(83)65-31(5)48(81)70-41(25-44(58)78)53(86)72-47(30(3)4)55(88)64-27-46(80)68-42(28-74)56(89)73-21-9-11-43(73)54(87)63-26-45(79)67-39(49(82)61-7)23-33-12-16-35(76)17-13-33/h12-19,29-31,37-43,47,52,69,74,76-77,85H,7-11,20-28H2,1-6H3,(H2,58,78)(H,63,87)(H,64,88)(H,65,83)(H,66,75)(H,67,79)(H,68,80)(H,70,81)(H,71,84)(H,72,86)(H4,59,60,62)/t31-,37-,38-,39-,40-,41-,42-,43-,47-,52?/m0/s1. The van der Waals surface area contributed by atoms with Gasteiger partial charge in [-0.1, -0.05) is 52.0 Å². The smallest absolute Gasteiger partial charge is 0.267 e. The summed E-state index contributed by atoms with van der Waals surface area (Å²) in [5.74, 6) is -11.2. The summed E-state index contributed by atoms with van der Waals surface area (Å²) in [4.78, 5) is 167. The molecule has 12 amide bonds. The molecular formula is C57H86N16O16. The molecule has 1 heterocycles. The van der Waals surface area contributed by atoms with E-state index in [4.69, 9.17) is 17.2 Å². The maximum atomic E-state index is 14.0. The van der Waals surface area contributed by atoms with Crippen LogP contribution in [0.5, 0.6) is 11.5 Å². The SMILES string of the molecule is C=NC(=O)[C@H](Cc1ccc(O)cc1)NC(=O)CNC(=O)[C@@H]1CCCN1C(=O)[C@H](CO)NC(=O)CNC(=O)[C@@H](NC(=O)[C@H](CC(N)=O)NC(=O)[C@H](C)NC(=O)[C@H](CCCN=C(N)N)NC(O)[C@H](Cc1ccc(O)cc1)NC(=O)[C@H](CC(C)C)NC(C)=O)C(C)C. The van der Waals surface area contributed by atoms with Gasteiger partial charge in [-0.05, 0) is 99.4 Å².